The van der Waals surface area contributed by atoms with Crippen molar-refractivity contribution in [1.82, 2.24) is 5.48 Å². The minimum Gasteiger partial charge on any atom is -0.466 e. The van der Waals surface area contributed by atoms with E-state index in [1.807, 2.05) is 0 Å². The van der Waals surface area contributed by atoms with Crippen molar-refractivity contribution in [3.63, 3.8) is 0 Å². The molecule has 5 N–H and O–H groups in total. The molecule has 0 aromatic heterocycles. The molecule has 1 unspecified atom stereocenters. The van der Waals surface area contributed by atoms with Gasteiger partial charge in [0.1, 0.15) is 5.84 Å². The Hall–Kier alpha value is -1.14. The number of nitrogens with one attached hydrogen (secondary N) is 2. The lowest BCUT2D eigenvalue weighted by Gasteiger charge is -2.11. The summed E-state index contributed by atoms with van der Waals surface area (Å²) in [6.07, 6.45) is -0.139. The molecule has 0 aliphatic rings. The summed E-state index contributed by atoms with van der Waals surface area (Å²) in [6.45, 7) is 1.95. The van der Waals surface area contributed by atoms with E-state index in [0.29, 0.717) is 0 Å². The Morgan fingerprint density at radius 2 is 2.42 bits per heavy atom. The van der Waals surface area contributed by atoms with Crippen LogP contribution in [0.4, 0.5) is 0 Å². The topological polar surface area (TPSA) is 108 Å². The first-order chi connectivity index (χ1) is 5.61. The second-order valence-electron chi connectivity index (χ2n) is 2.15. The van der Waals surface area contributed by atoms with Crippen molar-refractivity contribution in [2.24, 2.45) is 5.73 Å². The van der Waals surface area contributed by atoms with Crippen LogP contribution in [0.15, 0.2) is 0 Å². The molecule has 12 heavy (non-hydrogen) atoms. The molecule has 1 atom stereocenters. The van der Waals surface area contributed by atoms with E-state index in [9.17, 15) is 4.79 Å². The smallest absolute Gasteiger partial charge is 0.307 e. The van der Waals surface area contributed by atoms with Crippen LogP contribution in [-0.4, -0.2) is 29.7 Å². The normalized spacial score (nSPS) is 12.2. The van der Waals surface area contributed by atoms with Crippen LogP contribution in [0, 0.1) is 5.41 Å². The van der Waals surface area contributed by atoms with Crippen molar-refractivity contribution in [2.75, 3.05) is 6.61 Å². The fraction of sp³-hybridized carbons (Fsp3) is 0.667. The number of hydrogen-bond acceptors (Lipinski definition) is 5. The highest BCUT2D eigenvalue weighted by atomic mass is 16.5. The first-order valence-electron chi connectivity index (χ1n) is 3.51. The molecule has 6 nitrogen and oxygen atoms in total. The Balaban J connectivity index is 3.85. The van der Waals surface area contributed by atoms with Crippen molar-refractivity contribution < 1.29 is 14.7 Å². The minimum absolute atomic E-state index is 0.139. The van der Waals surface area contributed by atoms with Gasteiger partial charge in [0.25, 0.3) is 0 Å². The molecule has 0 aliphatic carbocycles. The van der Waals surface area contributed by atoms with Crippen LogP contribution < -0.4 is 11.2 Å². The quantitative estimate of drug-likeness (QED) is 0.190. The van der Waals surface area contributed by atoms with Crippen LogP contribution in [0.3, 0.4) is 0 Å². The van der Waals surface area contributed by atoms with Crippen LogP contribution in [0.25, 0.3) is 0 Å². The zero-order valence-corrected chi connectivity index (χ0v) is 6.83. The van der Waals surface area contributed by atoms with Gasteiger partial charge in [-0.1, -0.05) is 0 Å². The molecular weight excluding hydrogens is 162 g/mol. The number of amidine groups is 1. The lowest BCUT2D eigenvalue weighted by molar-refractivity contribution is -0.143. The fourth-order valence-corrected chi connectivity index (χ4v) is 0.612. The number of nitrogens with two attached hydrogens (primary N) is 1. The van der Waals surface area contributed by atoms with E-state index >= 15 is 0 Å². The summed E-state index contributed by atoms with van der Waals surface area (Å²) in [6, 6.07) is -0.857. The number of carbonyl (C=O) groups excluding carboxylic acids is 1. The lowest BCUT2D eigenvalue weighted by Crippen LogP contribution is -2.40. The average Bonchev–Trinajstić information content (AvgIpc) is 2.00. The maximum absolute atomic E-state index is 10.8. The Kier molecular flexibility index (Phi) is 4.98. The second kappa shape index (κ2) is 5.50. The summed E-state index contributed by atoms with van der Waals surface area (Å²) < 4.78 is 4.58. The zero-order valence-electron chi connectivity index (χ0n) is 6.83. The van der Waals surface area contributed by atoms with E-state index in [2.05, 4.69) is 4.74 Å². The Bertz CT molecular complexity index is 171. The molecule has 0 fully saturated rings. The van der Waals surface area contributed by atoms with Gasteiger partial charge in [-0.25, -0.2) is 0 Å². The predicted molar refractivity (Wildman–Crippen MR) is 41.9 cm³/mol. The van der Waals surface area contributed by atoms with Gasteiger partial charge in [0, 0.05) is 0 Å². The number of hydrogen-bond donors (Lipinski definition) is 4. The van der Waals surface area contributed by atoms with Gasteiger partial charge in [-0.05, 0) is 6.92 Å². The van der Waals surface area contributed by atoms with E-state index < -0.39 is 12.0 Å². The molecule has 0 rings (SSSR count). The SMILES string of the molecule is CCOC(=O)CC(NO)C(=N)N. The van der Waals surface area contributed by atoms with Gasteiger partial charge in [0.15, 0.2) is 0 Å². The Morgan fingerprint density at radius 3 is 2.75 bits per heavy atom. The van der Waals surface area contributed by atoms with E-state index in [-0.39, 0.29) is 18.9 Å². The molecule has 0 amide bonds. The lowest BCUT2D eigenvalue weighted by atomic mass is 10.2. The van der Waals surface area contributed by atoms with Crippen LogP contribution >= 0.6 is 0 Å². The van der Waals surface area contributed by atoms with Gasteiger partial charge >= 0.3 is 5.97 Å². The molecule has 0 spiro atoms. The van der Waals surface area contributed by atoms with Crippen molar-refractivity contribution >= 4 is 11.8 Å². The van der Waals surface area contributed by atoms with E-state index in [1.165, 1.54) is 0 Å². The number of carbonyl (C=O) groups is 1. The first-order valence-corrected chi connectivity index (χ1v) is 3.51. The van der Waals surface area contributed by atoms with E-state index in [0.717, 1.165) is 0 Å². The maximum atomic E-state index is 10.8. The van der Waals surface area contributed by atoms with Crippen molar-refractivity contribution in [3.05, 3.63) is 0 Å². The van der Waals surface area contributed by atoms with Gasteiger partial charge < -0.3 is 15.7 Å². The molecule has 0 saturated carbocycles. The van der Waals surface area contributed by atoms with Crippen molar-refractivity contribution in [2.45, 2.75) is 19.4 Å². The van der Waals surface area contributed by atoms with Gasteiger partial charge in [-0.15, -0.1) is 0 Å². The fourth-order valence-electron chi connectivity index (χ4n) is 0.612. The van der Waals surface area contributed by atoms with Crippen LogP contribution in [-0.2, 0) is 9.53 Å². The Labute approximate surface area is 70.2 Å². The summed E-state index contributed by atoms with van der Waals surface area (Å²) in [5.74, 6) is -0.801. The highest BCUT2D eigenvalue weighted by Crippen LogP contribution is 1.93. The maximum Gasteiger partial charge on any atom is 0.307 e. The van der Waals surface area contributed by atoms with Crippen molar-refractivity contribution in [1.29, 1.82) is 5.41 Å². The van der Waals surface area contributed by atoms with E-state index in [1.54, 1.807) is 12.4 Å². The summed E-state index contributed by atoms with van der Waals surface area (Å²) in [5.41, 5.74) is 6.79. The van der Waals surface area contributed by atoms with Gasteiger partial charge in [0.2, 0.25) is 0 Å². The molecular formula is C6H13N3O3. The molecule has 0 aromatic rings. The minimum atomic E-state index is -0.857. The average molecular weight is 175 g/mol. The third-order valence-electron chi connectivity index (χ3n) is 1.21. The number of rotatable bonds is 5. The largest absolute Gasteiger partial charge is 0.466 e. The summed E-state index contributed by atoms with van der Waals surface area (Å²) in [5, 5.41) is 15.4. The Morgan fingerprint density at radius 1 is 1.83 bits per heavy atom. The van der Waals surface area contributed by atoms with Gasteiger partial charge in [0.05, 0.1) is 19.1 Å². The molecule has 0 radical (unpaired) electrons. The highest BCUT2D eigenvalue weighted by molar-refractivity contribution is 5.87. The monoisotopic (exact) mass is 175 g/mol. The van der Waals surface area contributed by atoms with Crippen molar-refractivity contribution in [3.8, 4) is 0 Å². The molecule has 0 heterocycles. The standard InChI is InChI=1S/C6H13N3O3/c1-2-12-5(10)3-4(9-11)6(7)8/h4,9,11H,2-3H2,1H3,(H3,7,8). The molecule has 0 bridgehead atoms. The molecule has 0 aliphatic heterocycles. The number of ether oxygens (including phenoxy) is 1. The van der Waals surface area contributed by atoms with Crippen LogP contribution in [0.1, 0.15) is 13.3 Å². The van der Waals surface area contributed by atoms with Crippen LogP contribution in [0.2, 0.25) is 0 Å². The molecule has 6 heteroatoms. The summed E-state index contributed by atoms with van der Waals surface area (Å²) >= 11 is 0. The molecule has 0 aromatic carbocycles. The first kappa shape index (κ1) is 10.9. The van der Waals surface area contributed by atoms with Gasteiger partial charge in [-0.3, -0.25) is 10.2 Å². The summed E-state index contributed by atoms with van der Waals surface area (Å²) in [4.78, 5) is 10.8. The second-order valence-corrected chi connectivity index (χ2v) is 2.15. The van der Waals surface area contributed by atoms with Crippen LogP contribution in [0.5, 0.6) is 0 Å². The summed E-state index contributed by atoms with van der Waals surface area (Å²) in [7, 11) is 0. The molecule has 70 valence electrons. The number of hydroxylamine groups is 1. The third kappa shape index (κ3) is 3.89. The molecule has 0 saturated heterocycles. The predicted octanol–water partition coefficient (Wildman–Crippen LogP) is -0.777. The number of esters is 1. The zero-order chi connectivity index (χ0) is 9.56. The van der Waals surface area contributed by atoms with Gasteiger partial charge in [-0.2, -0.15) is 5.48 Å². The highest BCUT2D eigenvalue weighted by Gasteiger charge is 2.15. The third-order valence-corrected chi connectivity index (χ3v) is 1.21. The van der Waals surface area contributed by atoms with E-state index in [4.69, 9.17) is 16.4 Å².